The zero-order valence-electron chi connectivity index (χ0n) is 11.3. The summed E-state index contributed by atoms with van der Waals surface area (Å²) in [4.78, 5) is 0. The highest BCUT2D eigenvalue weighted by Gasteiger charge is 2.25. The second-order valence-electron chi connectivity index (χ2n) is 4.93. The zero-order valence-corrected chi connectivity index (χ0v) is 13.6. The smallest absolute Gasteiger partial charge is 0.151 e. The molecular weight excluding hydrogens is 350 g/mol. The molecule has 0 radical (unpaired) electrons. The van der Waals surface area contributed by atoms with Crippen LogP contribution in [-0.2, 0) is 0 Å². The van der Waals surface area contributed by atoms with E-state index in [1.807, 2.05) is 0 Å². The summed E-state index contributed by atoms with van der Waals surface area (Å²) in [6.07, 6.45) is -0.207. The Kier molecular flexibility index (Phi) is 4.37. The van der Waals surface area contributed by atoms with Crippen LogP contribution in [0.25, 0.3) is 11.1 Å². The molecule has 3 N–H and O–H groups in total. The number of hydrogen-bond acceptors (Lipinski definition) is 3. The molecule has 2 aromatic rings. The van der Waals surface area contributed by atoms with Crippen molar-refractivity contribution in [2.75, 3.05) is 18.4 Å². The van der Waals surface area contributed by atoms with E-state index in [1.165, 1.54) is 12.1 Å². The van der Waals surface area contributed by atoms with Crippen LogP contribution in [0, 0.1) is 5.82 Å². The molecule has 0 saturated heterocycles. The number of halogens is 4. The minimum Gasteiger partial charge on any atom is -0.484 e. The van der Waals surface area contributed by atoms with E-state index in [0.717, 1.165) is 0 Å². The molecule has 1 atom stereocenters. The largest absolute Gasteiger partial charge is 0.484 e. The highest BCUT2D eigenvalue weighted by atomic mass is 35.5. The average molecular weight is 362 g/mol. The van der Waals surface area contributed by atoms with Gasteiger partial charge in [0.05, 0.1) is 22.3 Å². The fraction of sp³-hybridized carbons (Fsp3) is 0.200. The number of rotatable bonds is 2. The van der Waals surface area contributed by atoms with Gasteiger partial charge in [-0.05, 0) is 18.2 Å². The van der Waals surface area contributed by atoms with Crippen LogP contribution in [0.5, 0.6) is 5.75 Å². The van der Waals surface area contributed by atoms with E-state index in [0.29, 0.717) is 50.7 Å². The van der Waals surface area contributed by atoms with Crippen molar-refractivity contribution < 1.29 is 9.13 Å². The van der Waals surface area contributed by atoms with Crippen molar-refractivity contribution >= 4 is 40.5 Å². The van der Waals surface area contributed by atoms with Gasteiger partial charge >= 0.3 is 0 Å². The van der Waals surface area contributed by atoms with Crippen LogP contribution in [0.3, 0.4) is 0 Å². The Morgan fingerprint density at radius 1 is 1.18 bits per heavy atom. The van der Waals surface area contributed by atoms with E-state index >= 15 is 0 Å². The third-order valence-corrected chi connectivity index (χ3v) is 4.21. The summed E-state index contributed by atoms with van der Waals surface area (Å²) in [6.45, 7) is 0.847. The van der Waals surface area contributed by atoms with E-state index in [2.05, 4.69) is 5.32 Å². The van der Waals surface area contributed by atoms with Crippen LogP contribution in [0.4, 0.5) is 10.1 Å². The number of fused-ring (bicyclic) bond motifs is 1. The molecule has 22 heavy (non-hydrogen) atoms. The van der Waals surface area contributed by atoms with Gasteiger partial charge < -0.3 is 15.8 Å². The maximum Gasteiger partial charge on any atom is 0.151 e. The van der Waals surface area contributed by atoms with Gasteiger partial charge in [0, 0.05) is 28.8 Å². The van der Waals surface area contributed by atoms with Gasteiger partial charge in [-0.1, -0.05) is 34.8 Å². The van der Waals surface area contributed by atoms with Crippen LogP contribution >= 0.6 is 34.8 Å². The first-order valence-electron chi connectivity index (χ1n) is 6.58. The fourth-order valence-corrected chi connectivity index (χ4v) is 3.42. The van der Waals surface area contributed by atoms with E-state index in [1.54, 1.807) is 12.1 Å². The van der Waals surface area contributed by atoms with Gasteiger partial charge in [0.25, 0.3) is 0 Å². The van der Waals surface area contributed by atoms with E-state index in [9.17, 15) is 4.39 Å². The van der Waals surface area contributed by atoms with Gasteiger partial charge in [-0.2, -0.15) is 0 Å². The monoisotopic (exact) mass is 360 g/mol. The molecule has 0 aliphatic carbocycles. The molecule has 0 bridgehead atoms. The first kappa shape index (κ1) is 15.7. The van der Waals surface area contributed by atoms with Gasteiger partial charge in [0.15, 0.2) is 5.75 Å². The fourth-order valence-electron chi connectivity index (χ4n) is 2.40. The van der Waals surface area contributed by atoms with Crippen LogP contribution in [0.15, 0.2) is 24.3 Å². The Labute approximate surface area is 142 Å². The lowest BCUT2D eigenvalue weighted by molar-refractivity contribution is 0.215. The van der Waals surface area contributed by atoms with Gasteiger partial charge in [-0.3, -0.25) is 0 Å². The van der Waals surface area contributed by atoms with E-state index < -0.39 is 5.82 Å². The van der Waals surface area contributed by atoms with Crippen molar-refractivity contribution in [2.45, 2.75) is 6.10 Å². The standard InChI is InChI=1S/C15H12Cl3FN2O/c16-7-1-11(17)14(12(18)2-7)10-3-8(19)4-13-15(10)22-9(5-20)6-21-13/h1-4,9,21H,5-6,20H2. The Morgan fingerprint density at radius 3 is 2.50 bits per heavy atom. The second-order valence-corrected chi connectivity index (χ2v) is 6.18. The van der Waals surface area contributed by atoms with Crippen LogP contribution in [0.2, 0.25) is 15.1 Å². The highest BCUT2D eigenvalue weighted by molar-refractivity contribution is 6.42. The van der Waals surface area contributed by atoms with Crippen molar-refractivity contribution in [1.29, 1.82) is 0 Å². The molecule has 1 heterocycles. The number of hydrogen-bond donors (Lipinski definition) is 2. The predicted molar refractivity (Wildman–Crippen MR) is 88.8 cm³/mol. The van der Waals surface area contributed by atoms with Gasteiger partial charge in [0.1, 0.15) is 11.9 Å². The quantitative estimate of drug-likeness (QED) is 0.823. The molecule has 3 rings (SSSR count). The summed E-state index contributed by atoms with van der Waals surface area (Å²) in [6, 6.07) is 5.81. The third kappa shape index (κ3) is 2.84. The number of nitrogens with one attached hydrogen (secondary N) is 1. The number of benzene rings is 2. The van der Waals surface area contributed by atoms with Gasteiger partial charge in [-0.15, -0.1) is 0 Å². The maximum atomic E-state index is 13.9. The molecule has 0 fully saturated rings. The first-order valence-corrected chi connectivity index (χ1v) is 7.72. The molecule has 2 aromatic carbocycles. The van der Waals surface area contributed by atoms with Crippen LogP contribution < -0.4 is 15.8 Å². The summed E-state index contributed by atoms with van der Waals surface area (Å²) < 4.78 is 19.8. The normalized spacial score (nSPS) is 16.7. The molecule has 116 valence electrons. The topological polar surface area (TPSA) is 47.3 Å². The van der Waals surface area contributed by atoms with Crippen LogP contribution in [0.1, 0.15) is 0 Å². The SMILES string of the molecule is NCC1CNc2cc(F)cc(-c3c(Cl)cc(Cl)cc3Cl)c2O1. The van der Waals surface area contributed by atoms with Crippen LogP contribution in [-0.4, -0.2) is 19.2 Å². The molecule has 7 heteroatoms. The van der Waals surface area contributed by atoms with Crippen molar-refractivity contribution in [2.24, 2.45) is 5.73 Å². The van der Waals surface area contributed by atoms with Crippen molar-refractivity contribution in [3.63, 3.8) is 0 Å². The maximum absolute atomic E-state index is 13.9. The Balaban J connectivity index is 2.22. The predicted octanol–water partition coefficient (Wildman–Crippen LogP) is 4.58. The zero-order chi connectivity index (χ0) is 15.9. The Morgan fingerprint density at radius 2 is 1.86 bits per heavy atom. The van der Waals surface area contributed by atoms with Crippen molar-refractivity contribution in [1.82, 2.24) is 0 Å². The Bertz CT molecular complexity index is 716. The number of anilines is 1. The van der Waals surface area contributed by atoms with Gasteiger partial charge in [0.2, 0.25) is 0 Å². The summed E-state index contributed by atoms with van der Waals surface area (Å²) >= 11 is 18.4. The summed E-state index contributed by atoms with van der Waals surface area (Å²) in [5.41, 5.74) is 7.13. The Hall–Kier alpha value is -1.20. The number of nitrogens with two attached hydrogens (primary N) is 1. The van der Waals surface area contributed by atoms with E-state index in [4.69, 9.17) is 45.3 Å². The minimum atomic E-state index is -0.418. The molecule has 0 saturated carbocycles. The lowest BCUT2D eigenvalue weighted by atomic mass is 10.0. The molecule has 3 nitrogen and oxygen atoms in total. The molecule has 1 aliphatic heterocycles. The minimum absolute atomic E-state index is 0.207. The van der Waals surface area contributed by atoms with Crippen molar-refractivity contribution in [3.8, 4) is 16.9 Å². The molecule has 1 unspecified atom stereocenters. The first-order chi connectivity index (χ1) is 10.5. The third-order valence-electron chi connectivity index (χ3n) is 3.40. The molecular formula is C15H12Cl3FN2O. The molecule has 0 aromatic heterocycles. The van der Waals surface area contributed by atoms with E-state index in [-0.39, 0.29) is 6.10 Å². The average Bonchev–Trinajstić information content (AvgIpc) is 2.45. The molecule has 0 spiro atoms. The second kappa shape index (κ2) is 6.13. The molecule has 0 amide bonds. The van der Waals surface area contributed by atoms with Crippen molar-refractivity contribution in [3.05, 3.63) is 45.2 Å². The number of ether oxygens (including phenoxy) is 1. The lowest BCUT2D eigenvalue weighted by Gasteiger charge is -2.28. The lowest BCUT2D eigenvalue weighted by Crippen LogP contribution is -2.37. The summed E-state index contributed by atoms with van der Waals surface area (Å²) in [5, 5.41) is 4.16. The summed E-state index contributed by atoms with van der Waals surface area (Å²) in [5.74, 6) is 0.0624. The van der Waals surface area contributed by atoms with Gasteiger partial charge in [-0.25, -0.2) is 4.39 Å². The highest BCUT2D eigenvalue weighted by Crippen LogP contribution is 2.46. The summed E-state index contributed by atoms with van der Waals surface area (Å²) in [7, 11) is 0. The molecule has 1 aliphatic rings.